The second-order valence-corrected chi connectivity index (χ2v) is 15.3. The van der Waals surface area contributed by atoms with Crippen molar-refractivity contribution >= 4 is 17.9 Å². The van der Waals surface area contributed by atoms with E-state index in [9.17, 15) is 14.4 Å². The Balaban J connectivity index is 1.39. The molecule has 0 aliphatic carbocycles. The summed E-state index contributed by atoms with van der Waals surface area (Å²) in [6, 6.07) is 17.7. The van der Waals surface area contributed by atoms with Crippen LogP contribution in [-0.2, 0) is 42.7 Å². The molecule has 11 heteroatoms. The third-order valence-electron chi connectivity index (χ3n) is 11.9. The summed E-state index contributed by atoms with van der Waals surface area (Å²) in [6.45, 7) is 17.8. The quantitative estimate of drug-likeness (QED) is 0.150. The number of hydrogen-bond acceptors (Lipinski definition) is 11. The first-order valence-corrected chi connectivity index (χ1v) is 19.8. The summed E-state index contributed by atoms with van der Waals surface area (Å²) in [4.78, 5) is 39.2. The highest BCUT2D eigenvalue weighted by Crippen LogP contribution is 2.40. The highest BCUT2D eigenvalue weighted by molar-refractivity contribution is 5.90. The predicted octanol–water partition coefficient (Wildman–Crippen LogP) is 7.40. The topological polar surface area (TPSA) is 125 Å². The number of rotatable bonds is 13. The van der Waals surface area contributed by atoms with Gasteiger partial charge in [-0.15, -0.1) is 0 Å². The van der Waals surface area contributed by atoms with Gasteiger partial charge in [0.15, 0.2) is 30.9 Å². The molecule has 3 aliphatic heterocycles. The van der Waals surface area contributed by atoms with Crippen LogP contribution in [0.2, 0.25) is 0 Å². The number of hydrogen-bond donors (Lipinski definition) is 0. The van der Waals surface area contributed by atoms with E-state index in [0.29, 0.717) is 17.5 Å². The Kier molecular flexibility index (Phi) is 14.7. The molecule has 0 saturated carbocycles. The Morgan fingerprint density at radius 2 is 0.981 bits per heavy atom. The van der Waals surface area contributed by atoms with Gasteiger partial charge in [-0.3, -0.25) is 4.79 Å². The molecular formula is C43H60O11. The second kappa shape index (κ2) is 19.0. The van der Waals surface area contributed by atoms with Gasteiger partial charge in [-0.2, -0.15) is 0 Å². The minimum absolute atomic E-state index is 0.0475. The standard InChI is InChI=1S/C43H60O11/c1-10-32-24(4)26(6)37(52-40(45)30-19-15-13-16-20-30)42(50-32)47-23-35-28(8)36(39(48-29(9)44)34(12-3)49-35)54-43-38(27(7)25(5)33(11-2)51-43)53-41(46)31-21-17-14-18-22-31/h13-22,24-28,32-39,42-43H,10-12,23H2,1-9H3. The van der Waals surface area contributed by atoms with Crippen LogP contribution in [0.25, 0.3) is 0 Å². The van der Waals surface area contributed by atoms with Crippen LogP contribution in [0.15, 0.2) is 60.7 Å². The average Bonchev–Trinajstić information content (AvgIpc) is 3.18. The Hall–Kier alpha value is -3.35. The van der Waals surface area contributed by atoms with Crippen LogP contribution in [0.3, 0.4) is 0 Å². The van der Waals surface area contributed by atoms with E-state index in [1.165, 1.54) is 6.92 Å². The van der Waals surface area contributed by atoms with E-state index >= 15 is 0 Å². The summed E-state index contributed by atoms with van der Waals surface area (Å²) in [5.74, 6) is -1.69. The molecule has 15 atom stereocenters. The van der Waals surface area contributed by atoms with Gasteiger partial charge in [0.1, 0.15) is 6.10 Å². The minimum Gasteiger partial charge on any atom is -0.457 e. The van der Waals surface area contributed by atoms with Gasteiger partial charge < -0.3 is 37.9 Å². The van der Waals surface area contributed by atoms with Gasteiger partial charge in [0.2, 0.25) is 0 Å². The SMILES string of the molecule is CCC1OC(OCC2OC(CC)C(OC(C)=O)C(OC3OC(CC)C(C)C(C)C3OC(=O)c3ccccc3)C2C)C(OC(=O)c2ccccc2)C(C)C1C. The normalized spacial score (nSPS) is 36.9. The van der Waals surface area contributed by atoms with Gasteiger partial charge in [-0.25, -0.2) is 9.59 Å². The molecule has 54 heavy (non-hydrogen) atoms. The molecule has 0 spiro atoms. The fourth-order valence-electron chi connectivity index (χ4n) is 8.10. The summed E-state index contributed by atoms with van der Waals surface area (Å²) in [5.41, 5.74) is 0.882. The van der Waals surface area contributed by atoms with E-state index in [1.54, 1.807) is 48.5 Å². The Morgan fingerprint density at radius 3 is 1.44 bits per heavy atom. The number of carbonyl (C=O) groups is 3. The molecule has 5 rings (SSSR count). The molecule has 3 saturated heterocycles. The number of ether oxygens (including phenoxy) is 8. The zero-order valence-corrected chi connectivity index (χ0v) is 33.3. The minimum atomic E-state index is -0.937. The monoisotopic (exact) mass is 752 g/mol. The molecule has 2 aromatic rings. The van der Waals surface area contributed by atoms with E-state index in [2.05, 4.69) is 34.6 Å². The molecule has 15 unspecified atom stereocenters. The summed E-state index contributed by atoms with van der Waals surface area (Å²) in [6.07, 6.45) is -3.91. The zero-order chi connectivity index (χ0) is 39.1. The van der Waals surface area contributed by atoms with Crippen LogP contribution < -0.4 is 0 Å². The third kappa shape index (κ3) is 9.53. The van der Waals surface area contributed by atoms with Crippen molar-refractivity contribution < 1.29 is 52.3 Å². The van der Waals surface area contributed by atoms with Gasteiger partial charge in [0.05, 0.1) is 42.1 Å². The molecule has 3 aliphatic rings. The highest BCUT2D eigenvalue weighted by Gasteiger charge is 2.52. The van der Waals surface area contributed by atoms with Gasteiger partial charge >= 0.3 is 17.9 Å². The first-order chi connectivity index (χ1) is 25.9. The van der Waals surface area contributed by atoms with E-state index in [4.69, 9.17) is 37.9 Å². The van der Waals surface area contributed by atoms with Crippen LogP contribution in [0.4, 0.5) is 0 Å². The fourth-order valence-corrected chi connectivity index (χ4v) is 8.10. The van der Waals surface area contributed by atoms with E-state index < -0.39 is 67.1 Å². The molecule has 2 aromatic carbocycles. The maximum Gasteiger partial charge on any atom is 0.338 e. The van der Waals surface area contributed by atoms with Crippen molar-refractivity contribution in [1.82, 2.24) is 0 Å². The number of benzene rings is 2. The summed E-state index contributed by atoms with van der Waals surface area (Å²) in [7, 11) is 0. The summed E-state index contributed by atoms with van der Waals surface area (Å²) >= 11 is 0. The van der Waals surface area contributed by atoms with Gasteiger partial charge in [-0.1, -0.05) is 91.8 Å². The first-order valence-electron chi connectivity index (χ1n) is 19.8. The Bertz CT molecular complexity index is 1500. The van der Waals surface area contributed by atoms with Crippen molar-refractivity contribution in [3.63, 3.8) is 0 Å². The van der Waals surface area contributed by atoms with Crippen molar-refractivity contribution in [1.29, 1.82) is 0 Å². The number of carbonyl (C=O) groups excluding carboxylic acids is 3. The molecule has 0 amide bonds. The van der Waals surface area contributed by atoms with Crippen LogP contribution in [0.1, 0.15) is 102 Å². The Morgan fingerprint density at radius 1 is 0.519 bits per heavy atom. The average molecular weight is 753 g/mol. The largest absolute Gasteiger partial charge is 0.457 e. The van der Waals surface area contributed by atoms with Crippen LogP contribution in [0, 0.1) is 29.6 Å². The van der Waals surface area contributed by atoms with E-state index in [1.807, 2.05) is 32.9 Å². The van der Waals surface area contributed by atoms with Gasteiger partial charge in [0.25, 0.3) is 0 Å². The van der Waals surface area contributed by atoms with Gasteiger partial charge in [0, 0.05) is 24.7 Å². The lowest BCUT2D eigenvalue weighted by Crippen LogP contribution is -2.61. The second-order valence-electron chi connectivity index (χ2n) is 15.3. The lowest BCUT2D eigenvalue weighted by Gasteiger charge is -2.49. The first kappa shape index (κ1) is 41.8. The molecule has 3 heterocycles. The lowest BCUT2D eigenvalue weighted by atomic mass is 9.82. The van der Waals surface area contributed by atoms with Crippen molar-refractivity contribution in [3.05, 3.63) is 71.8 Å². The molecule has 0 bridgehead atoms. The van der Waals surface area contributed by atoms with Crippen molar-refractivity contribution in [2.45, 2.75) is 143 Å². The number of esters is 3. The van der Waals surface area contributed by atoms with Crippen LogP contribution in [0.5, 0.6) is 0 Å². The maximum absolute atomic E-state index is 13.4. The predicted molar refractivity (Wildman–Crippen MR) is 200 cm³/mol. The molecule has 0 aromatic heterocycles. The van der Waals surface area contributed by atoms with Gasteiger partial charge in [-0.05, 0) is 55.4 Å². The van der Waals surface area contributed by atoms with Crippen molar-refractivity contribution in [3.8, 4) is 0 Å². The zero-order valence-electron chi connectivity index (χ0n) is 33.3. The van der Waals surface area contributed by atoms with Crippen LogP contribution >= 0.6 is 0 Å². The summed E-state index contributed by atoms with van der Waals surface area (Å²) in [5, 5.41) is 0. The molecule has 298 valence electrons. The summed E-state index contributed by atoms with van der Waals surface area (Å²) < 4.78 is 51.3. The maximum atomic E-state index is 13.4. The van der Waals surface area contributed by atoms with Crippen molar-refractivity contribution in [2.75, 3.05) is 6.61 Å². The molecular weight excluding hydrogens is 692 g/mol. The molecule has 3 fully saturated rings. The third-order valence-corrected chi connectivity index (χ3v) is 11.9. The fraction of sp³-hybridized carbons (Fsp3) is 0.651. The van der Waals surface area contributed by atoms with E-state index in [0.717, 1.165) is 12.8 Å². The lowest BCUT2D eigenvalue weighted by molar-refractivity contribution is -0.325. The van der Waals surface area contributed by atoms with E-state index in [-0.39, 0.29) is 48.4 Å². The van der Waals surface area contributed by atoms with Crippen LogP contribution in [-0.4, -0.2) is 85.9 Å². The Labute approximate surface area is 320 Å². The molecule has 0 N–H and O–H groups in total. The molecule has 11 nitrogen and oxygen atoms in total. The van der Waals surface area contributed by atoms with Crippen molar-refractivity contribution in [2.24, 2.45) is 29.6 Å². The highest BCUT2D eigenvalue weighted by atomic mass is 16.7. The smallest absolute Gasteiger partial charge is 0.338 e. The molecule has 0 radical (unpaired) electrons.